The van der Waals surface area contributed by atoms with Crippen molar-refractivity contribution in [1.29, 1.82) is 0 Å². The Morgan fingerprint density at radius 1 is 1.04 bits per heavy atom. The number of nitrogens with zero attached hydrogens (tertiary/aromatic N) is 1. The van der Waals surface area contributed by atoms with Crippen LogP contribution in [-0.2, 0) is 24.4 Å². The minimum absolute atomic E-state index is 0.106. The van der Waals surface area contributed by atoms with E-state index in [-0.39, 0.29) is 12.2 Å². The normalized spacial score (nSPS) is 24.3. The molecule has 0 bridgehead atoms. The molecule has 0 atom stereocenters. The van der Waals surface area contributed by atoms with Crippen molar-refractivity contribution in [1.82, 2.24) is 4.90 Å². The van der Waals surface area contributed by atoms with E-state index in [0.29, 0.717) is 55.2 Å². The molecule has 148 valence electrons. The number of amides is 1. The second-order valence-corrected chi connectivity index (χ2v) is 8.40. The lowest BCUT2D eigenvalue weighted by molar-refractivity contribution is -0.146. The predicted molar refractivity (Wildman–Crippen MR) is 103 cm³/mol. The Balaban J connectivity index is 1.53. The number of hydrogen-bond donors (Lipinski definition) is 0. The van der Waals surface area contributed by atoms with Gasteiger partial charge in [0.05, 0.1) is 18.6 Å². The number of benzene rings is 1. The van der Waals surface area contributed by atoms with Crippen LogP contribution in [0.1, 0.15) is 31.2 Å². The molecule has 0 N–H and O–H groups in total. The first-order valence-electron chi connectivity index (χ1n) is 9.66. The summed E-state index contributed by atoms with van der Waals surface area (Å²) in [6.45, 7) is 3.90. The lowest BCUT2D eigenvalue weighted by Gasteiger charge is -2.43. The van der Waals surface area contributed by atoms with Gasteiger partial charge in [-0.1, -0.05) is 29.3 Å². The van der Waals surface area contributed by atoms with Crippen molar-refractivity contribution in [2.75, 3.05) is 39.5 Å². The van der Waals surface area contributed by atoms with E-state index in [4.69, 9.17) is 37.4 Å². The molecule has 3 fully saturated rings. The largest absolute Gasteiger partial charge is 0.381 e. The number of piperidine rings is 1. The average Bonchev–Trinajstić information content (AvgIpc) is 3.23. The van der Waals surface area contributed by atoms with E-state index >= 15 is 0 Å². The van der Waals surface area contributed by atoms with E-state index in [0.717, 1.165) is 31.5 Å². The highest BCUT2D eigenvalue weighted by Gasteiger charge is 2.46. The lowest BCUT2D eigenvalue weighted by Crippen LogP contribution is -2.52. The van der Waals surface area contributed by atoms with Gasteiger partial charge in [-0.3, -0.25) is 4.79 Å². The number of carbonyl (C=O) groups excluding carboxylic acids is 1. The molecule has 0 saturated carbocycles. The molecule has 4 rings (SSSR count). The van der Waals surface area contributed by atoms with Crippen molar-refractivity contribution in [2.45, 2.75) is 37.4 Å². The third-order valence-corrected chi connectivity index (χ3v) is 6.61. The molecule has 1 aromatic rings. The van der Waals surface area contributed by atoms with Gasteiger partial charge in [0, 0.05) is 42.3 Å². The summed E-state index contributed by atoms with van der Waals surface area (Å²) in [5.74, 6) is 0.517. The molecule has 0 aliphatic carbocycles. The molecule has 1 amide bonds. The predicted octanol–water partition coefficient (Wildman–Crippen LogP) is 3.65. The topological polar surface area (TPSA) is 48.0 Å². The molecule has 1 aromatic carbocycles. The van der Waals surface area contributed by atoms with Gasteiger partial charge in [-0.15, -0.1) is 0 Å². The standard InChI is InChI=1S/C20H25Cl2NO4/c21-15-1-2-16(17(22)13-15)20(5-9-25-10-6-20)19(24)23-7-3-14(4-8-23)18-26-11-12-27-18/h1-2,13-14,18H,3-12H2. The van der Waals surface area contributed by atoms with Gasteiger partial charge < -0.3 is 19.1 Å². The van der Waals surface area contributed by atoms with Gasteiger partial charge in [-0.25, -0.2) is 0 Å². The SMILES string of the molecule is O=C(N1CCC(C2OCCO2)CC1)C1(c2ccc(Cl)cc2Cl)CCOCC1. The molecular weight excluding hydrogens is 389 g/mol. The summed E-state index contributed by atoms with van der Waals surface area (Å²) in [6.07, 6.45) is 2.98. The molecule has 0 aromatic heterocycles. The van der Waals surface area contributed by atoms with Crippen LogP contribution < -0.4 is 0 Å². The number of rotatable bonds is 3. The van der Waals surface area contributed by atoms with Crippen LogP contribution in [-0.4, -0.2) is 56.6 Å². The molecule has 27 heavy (non-hydrogen) atoms. The van der Waals surface area contributed by atoms with Crippen molar-refractivity contribution in [2.24, 2.45) is 5.92 Å². The Morgan fingerprint density at radius 2 is 1.70 bits per heavy atom. The molecule has 0 spiro atoms. The van der Waals surface area contributed by atoms with Crippen LogP contribution in [0.15, 0.2) is 18.2 Å². The highest BCUT2D eigenvalue weighted by molar-refractivity contribution is 6.35. The maximum absolute atomic E-state index is 13.7. The minimum Gasteiger partial charge on any atom is -0.381 e. The Labute approximate surface area is 169 Å². The summed E-state index contributed by atoms with van der Waals surface area (Å²) in [5.41, 5.74) is 0.235. The van der Waals surface area contributed by atoms with Crippen molar-refractivity contribution >= 4 is 29.1 Å². The van der Waals surface area contributed by atoms with Gasteiger partial charge >= 0.3 is 0 Å². The molecular formula is C20H25Cl2NO4. The maximum atomic E-state index is 13.7. The van der Waals surface area contributed by atoms with Crippen LogP contribution in [0.25, 0.3) is 0 Å². The number of likely N-dealkylation sites (tertiary alicyclic amines) is 1. The first-order valence-corrected chi connectivity index (χ1v) is 10.4. The van der Waals surface area contributed by atoms with E-state index in [1.807, 2.05) is 17.0 Å². The fraction of sp³-hybridized carbons (Fsp3) is 0.650. The summed E-state index contributed by atoms with van der Waals surface area (Å²) >= 11 is 12.6. The smallest absolute Gasteiger partial charge is 0.233 e. The van der Waals surface area contributed by atoms with Crippen molar-refractivity contribution in [3.05, 3.63) is 33.8 Å². The van der Waals surface area contributed by atoms with Gasteiger partial charge in [0.2, 0.25) is 5.91 Å². The van der Waals surface area contributed by atoms with Crippen LogP contribution in [0.2, 0.25) is 10.0 Å². The maximum Gasteiger partial charge on any atom is 0.233 e. The summed E-state index contributed by atoms with van der Waals surface area (Å²) in [4.78, 5) is 15.6. The third kappa shape index (κ3) is 3.85. The first kappa shape index (κ1) is 19.5. The third-order valence-electron chi connectivity index (χ3n) is 6.06. The molecule has 3 aliphatic rings. The van der Waals surface area contributed by atoms with Gasteiger partial charge in [0.25, 0.3) is 0 Å². The van der Waals surface area contributed by atoms with Gasteiger partial charge in [-0.2, -0.15) is 0 Å². The summed E-state index contributed by atoms with van der Waals surface area (Å²) < 4.78 is 16.9. The summed E-state index contributed by atoms with van der Waals surface area (Å²) in [6, 6.07) is 5.44. The van der Waals surface area contributed by atoms with Gasteiger partial charge in [0.15, 0.2) is 6.29 Å². The highest BCUT2D eigenvalue weighted by Crippen LogP contribution is 2.42. The Hall–Kier alpha value is -0.850. The van der Waals surface area contributed by atoms with Crippen LogP contribution in [0, 0.1) is 5.92 Å². The summed E-state index contributed by atoms with van der Waals surface area (Å²) in [5, 5.41) is 1.14. The molecule has 3 heterocycles. The van der Waals surface area contributed by atoms with Crippen LogP contribution in [0.4, 0.5) is 0 Å². The van der Waals surface area contributed by atoms with Crippen molar-refractivity contribution in [3.8, 4) is 0 Å². The van der Waals surface area contributed by atoms with E-state index in [9.17, 15) is 4.79 Å². The van der Waals surface area contributed by atoms with E-state index in [1.165, 1.54) is 0 Å². The molecule has 7 heteroatoms. The number of halogens is 2. The van der Waals surface area contributed by atoms with E-state index in [2.05, 4.69) is 0 Å². The number of ether oxygens (including phenoxy) is 3. The van der Waals surface area contributed by atoms with Crippen LogP contribution >= 0.6 is 23.2 Å². The lowest BCUT2D eigenvalue weighted by atomic mass is 9.72. The number of hydrogen-bond acceptors (Lipinski definition) is 4. The second kappa shape index (κ2) is 8.26. The fourth-order valence-electron chi connectivity index (χ4n) is 4.52. The van der Waals surface area contributed by atoms with E-state index in [1.54, 1.807) is 6.07 Å². The fourth-order valence-corrected chi connectivity index (χ4v) is 5.11. The zero-order valence-corrected chi connectivity index (χ0v) is 16.8. The zero-order chi connectivity index (χ0) is 18.9. The second-order valence-electron chi connectivity index (χ2n) is 7.56. The molecule has 0 radical (unpaired) electrons. The Bertz CT molecular complexity index is 679. The molecule has 5 nitrogen and oxygen atoms in total. The van der Waals surface area contributed by atoms with E-state index < -0.39 is 5.41 Å². The van der Waals surface area contributed by atoms with Gasteiger partial charge in [-0.05, 0) is 43.4 Å². The van der Waals surface area contributed by atoms with Gasteiger partial charge in [0.1, 0.15) is 0 Å². The van der Waals surface area contributed by atoms with Crippen LogP contribution in [0.5, 0.6) is 0 Å². The highest BCUT2D eigenvalue weighted by atomic mass is 35.5. The van der Waals surface area contributed by atoms with Crippen molar-refractivity contribution < 1.29 is 19.0 Å². The summed E-state index contributed by atoms with van der Waals surface area (Å²) in [7, 11) is 0. The molecule has 3 saturated heterocycles. The van der Waals surface area contributed by atoms with Crippen molar-refractivity contribution in [3.63, 3.8) is 0 Å². The average molecular weight is 414 g/mol. The first-order chi connectivity index (χ1) is 13.1. The Kier molecular flexibility index (Phi) is 5.95. The quantitative estimate of drug-likeness (QED) is 0.758. The molecule has 3 aliphatic heterocycles. The monoisotopic (exact) mass is 413 g/mol. The van der Waals surface area contributed by atoms with Crippen LogP contribution in [0.3, 0.4) is 0 Å². The number of carbonyl (C=O) groups is 1. The minimum atomic E-state index is -0.632. The Morgan fingerprint density at radius 3 is 2.33 bits per heavy atom. The molecule has 0 unspecified atom stereocenters. The zero-order valence-electron chi connectivity index (χ0n) is 15.3.